The molecule has 0 aromatic rings. The molecule has 0 aromatic carbocycles. The smallest absolute Gasteiger partial charge is 0.309 e. The van der Waals surface area contributed by atoms with Crippen molar-refractivity contribution in [1.82, 2.24) is 4.90 Å². The average molecular weight is 400 g/mol. The second-order valence-corrected chi connectivity index (χ2v) is 8.34. The molecule has 0 aromatic heterocycles. The fraction of sp³-hybridized carbons (Fsp3) is 0.654. The third kappa shape index (κ3) is 7.86. The van der Waals surface area contributed by atoms with Crippen molar-refractivity contribution in [2.45, 2.75) is 78.7 Å². The molecule has 0 bridgehead atoms. The van der Waals surface area contributed by atoms with Crippen LogP contribution in [0, 0.1) is 29.6 Å². The number of hydrogen-bond acceptors (Lipinski definition) is 2. The van der Waals surface area contributed by atoms with Gasteiger partial charge in [0.1, 0.15) is 0 Å². The van der Waals surface area contributed by atoms with Crippen molar-refractivity contribution in [3.05, 3.63) is 36.5 Å². The summed E-state index contributed by atoms with van der Waals surface area (Å²) in [5, 5.41) is 9.67. The van der Waals surface area contributed by atoms with Crippen LogP contribution in [-0.2, 0) is 4.79 Å². The summed E-state index contributed by atoms with van der Waals surface area (Å²) in [5.41, 5.74) is -0.486. The molecule has 1 aliphatic carbocycles. The number of terminal acetylenes is 1. The van der Waals surface area contributed by atoms with E-state index < -0.39 is 11.4 Å². The lowest BCUT2D eigenvalue weighted by Crippen LogP contribution is -2.38. The van der Waals surface area contributed by atoms with Gasteiger partial charge in [-0.25, -0.2) is 0 Å². The number of allylic oxidation sites excluding steroid dienone is 6. The zero-order valence-electron chi connectivity index (χ0n) is 18.9. The minimum Gasteiger partial charge on any atom is -0.481 e. The lowest BCUT2D eigenvalue weighted by Gasteiger charge is -2.30. The first-order chi connectivity index (χ1) is 14.0. The standard InChI is InChI=1S/C24H35NO2.C2H6/c1-4-6-7-8-9-10-11-12-21-14-16-25(19-20(3)17-21)22-13-15-24(5-2,18-22)23(26)27;1-2/h1,6-9,11-12,20-22H,5,10,13-19H2,2-3H3,(H,26,27);1-2H3/b7-6-,9-8-,12-11-;. The highest BCUT2D eigenvalue weighted by molar-refractivity contribution is 5.75. The summed E-state index contributed by atoms with van der Waals surface area (Å²) in [7, 11) is 0. The van der Waals surface area contributed by atoms with Crippen LogP contribution in [0.2, 0.25) is 0 Å². The summed E-state index contributed by atoms with van der Waals surface area (Å²) < 4.78 is 0. The molecule has 1 heterocycles. The molecular formula is C26H41NO2. The van der Waals surface area contributed by atoms with Crippen LogP contribution in [0.5, 0.6) is 0 Å². The van der Waals surface area contributed by atoms with Crippen molar-refractivity contribution >= 4 is 5.97 Å². The maximum Gasteiger partial charge on any atom is 0.309 e. The van der Waals surface area contributed by atoms with Gasteiger partial charge in [0.2, 0.25) is 0 Å². The molecule has 1 N–H and O–H groups in total. The highest BCUT2D eigenvalue weighted by Crippen LogP contribution is 2.44. The molecule has 2 rings (SSSR count). The van der Waals surface area contributed by atoms with Gasteiger partial charge in [-0.3, -0.25) is 4.79 Å². The largest absolute Gasteiger partial charge is 0.481 e. The van der Waals surface area contributed by atoms with Gasteiger partial charge in [0, 0.05) is 12.6 Å². The van der Waals surface area contributed by atoms with Crippen molar-refractivity contribution in [3.63, 3.8) is 0 Å². The molecule has 2 fully saturated rings. The summed E-state index contributed by atoms with van der Waals surface area (Å²) in [6.45, 7) is 10.6. The average Bonchev–Trinajstić information content (AvgIpc) is 3.09. The SMILES string of the molecule is C#C/C=C\C=C/C/C=C\C1CCN(C2CCC(CC)(C(=O)O)C2)CC(C)C1.CC. The highest BCUT2D eigenvalue weighted by atomic mass is 16.4. The van der Waals surface area contributed by atoms with E-state index in [1.165, 1.54) is 12.8 Å². The number of likely N-dealkylation sites (tertiary alicyclic amines) is 1. The van der Waals surface area contributed by atoms with Gasteiger partial charge in [0.05, 0.1) is 5.41 Å². The molecular weight excluding hydrogens is 358 g/mol. The Labute approximate surface area is 179 Å². The van der Waals surface area contributed by atoms with Gasteiger partial charge in [-0.2, -0.15) is 0 Å². The first-order valence-corrected chi connectivity index (χ1v) is 11.4. The highest BCUT2D eigenvalue weighted by Gasteiger charge is 2.45. The van der Waals surface area contributed by atoms with Gasteiger partial charge in [0.25, 0.3) is 0 Å². The molecule has 4 atom stereocenters. The van der Waals surface area contributed by atoms with E-state index in [1.54, 1.807) is 6.08 Å². The Morgan fingerprint density at radius 2 is 2.03 bits per heavy atom. The molecule has 0 radical (unpaired) electrons. The molecule has 3 nitrogen and oxygen atoms in total. The van der Waals surface area contributed by atoms with Gasteiger partial charge in [-0.05, 0) is 69.4 Å². The van der Waals surface area contributed by atoms with Crippen LogP contribution in [0.4, 0.5) is 0 Å². The van der Waals surface area contributed by atoms with Crippen LogP contribution >= 0.6 is 0 Å². The fourth-order valence-electron chi connectivity index (χ4n) is 4.73. The first-order valence-electron chi connectivity index (χ1n) is 11.4. The molecule has 29 heavy (non-hydrogen) atoms. The number of rotatable bonds is 7. The minimum atomic E-state index is -0.596. The molecule has 3 heteroatoms. The van der Waals surface area contributed by atoms with E-state index in [2.05, 4.69) is 36.0 Å². The van der Waals surface area contributed by atoms with E-state index in [1.807, 2.05) is 32.9 Å². The molecule has 0 spiro atoms. The van der Waals surface area contributed by atoms with Gasteiger partial charge < -0.3 is 10.0 Å². The molecule has 1 saturated heterocycles. The number of carbonyl (C=O) groups is 1. The summed E-state index contributed by atoms with van der Waals surface area (Å²) in [5.74, 6) is 3.15. The summed E-state index contributed by atoms with van der Waals surface area (Å²) in [4.78, 5) is 14.3. The number of carboxylic acids is 1. The van der Waals surface area contributed by atoms with Gasteiger partial charge in [-0.1, -0.05) is 64.0 Å². The summed E-state index contributed by atoms with van der Waals surface area (Å²) in [6, 6.07) is 0.442. The fourth-order valence-corrected chi connectivity index (χ4v) is 4.73. The van der Waals surface area contributed by atoms with Crippen molar-refractivity contribution < 1.29 is 9.90 Å². The third-order valence-electron chi connectivity index (χ3n) is 6.39. The minimum absolute atomic E-state index is 0.442. The Kier molecular flexibility index (Phi) is 11.7. The zero-order chi connectivity index (χ0) is 21.7. The number of hydrogen-bond donors (Lipinski definition) is 1. The van der Waals surface area contributed by atoms with Crippen LogP contribution < -0.4 is 0 Å². The first kappa shape index (κ1) is 25.2. The predicted molar refractivity (Wildman–Crippen MR) is 124 cm³/mol. The Morgan fingerprint density at radius 1 is 1.28 bits per heavy atom. The quantitative estimate of drug-likeness (QED) is 0.320. The van der Waals surface area contributed by atoms with E-state index in [0.29, 0.717) is 17.9 Å². The van der Waals surface area contributed by atoms with Crippen LogP contribution in [0.15, 0.2) is 36.5 Å². The van der Waals surface area contributed by atoms with Crippen molar-refractivity contribution in [2.24, 2.45) is 17.3 Å². The number of carboxylic acid groups (broad SMARTS) is 1. The van der Waals surface area contributed by atoms with E-state index in [4.69, 9.17) is 6.42 Å². The van der Waals surface area contributed by atoms with Crippen LogP contribution in [0.3, 0.4) is 0 Å². The van der Waals surface area contributed by atoms with Crippen LogP contribution in [0.1, 0.15) is 72.6 Å². The third-order valence-corrected chi connectivity index (χ3v) is 6.39. The van der Waals surface area contributed by atoms with Crippen molar-refractivity contribution in [1.29, 1.82) is 0 Å². The Bertz CT molecular complexity index is 613. The second kappa shape index (κ2) is 13.4. The van der Waals surface area contributed by atoms with E-state index in [9.17, 15) is 9.90 Å². The maximum absolute atomic E-state index is 11.7. The van der Waals surface area contributed by atoms with Crippen molar-refractivity contribution in [3.8, 4) is 12.3 Å². The van der Waals surface area contributed by atoms with E-state index in [0.717, 1.165) is 45.2 Å². The van der Waals surface area contributed by atoms with Crippen LogP contribution in [-0.4, -0.2) is 35.1 Å². The molecule has 162 valence electrons. The molecule has 1 saturated carbocycles. The summed E-state index contributed by atoms with van der Waals surface area (Å²) in [6.07, 6.45) is 24.2. The monoisotopic (exact) mass is 399 g/mol. The Balaban J connectivity index is 0.00000204. The molecule has 0 amide bonds. The zero-order valence-corrected chi connectivity index (χ0v) is 18.9. The molecule has 2 aliphatic rings. The lowest BCUT2D eigenvalue weighted by atomic mass is 9.83. The summed E-state index contributed by atoms with van der Waals surface area (Å²) >= 11 is 0. The normalized spacial score (nSPS) is 30.9. The van der Waals surface area contributed by atoms with Crippen LogP contribution in [0.25, 0.3) is 0 Å². The maximum atomic E-state index is 11.7. The Morgan fingerprint density at radius 3 is 2.66 bits per heavy atom. The van der Waals surface area contributed by atoms with Crippen molar-refractivity contribution in [2.75, 3.05) is 13.1 Å². The van der Waals surface area contributed by atoms with E-state index >= 15 is 0 Å². The Hall–Kier alpha value is -1.79. The number of nitrogens with zero attached hydrogens (tertiary/aromatic N) is 1. The second-order valence-electron chi connectivity index (χ2n) is 8.34. The van der Waals surface area contributed by atoms with Gasteiger partial charge in [-0.15, -0.1) is 6.42 Å². The molecule has 4 unspecified atom stereocenters. The number of aliphatic carboxylic acids is 1. The predicted octanol–water partition coefficient (Wildman–Crippen LogP) is 6.09. The van der Waals surface area contributed by atoms with Gasteiger partial charge in [0.15, 0.2) is 0 Å². The lowest BCUT2D eigenvalue weighted by molar-refractivity contribution is -0.149. The van der Waals surface area contributed by atoms with E-state index in [-0.39, 0.29) is 0 Å². The topological polar surface area (TPSA) is 40.5 Å². The molecule has 1 aliphatic heterocycles. The van der Waals surface area contributed by atoms with Gasteiger partial charge >= 0.3 is 5.97 Å².